The number of halogens is 2. The lowest BCUT2D eigenvalue weighted by molar-refractivity contribution is -0.150. The van der Waals surface area contributed by atoms with E-state index in [0.717, 1.165) is 17.7 Å². The molecule has 0 spiro atoms. The van der Waals surface area contributed by atoms with Gasteiger partial charge in [-0.25, -0.2) is 13.6 Å². The van der Waals surface area contributed by atoms with Gasteiger partial charge in [0.1, 0.15) is 6.04 Å². The average Bonchev–Trinajstić information content (AvgIpc) is 2.66. The van der Waals surface area contributed by atoms with Gasteiger partial charge in [0, 0.05) is 17.3 Å². The Morgan fingerprint density at radius 2 is 1.76 bits per heavy atom. The lowest BCUT2D eigenvalue weighted by Crippen LogP contribution is -2.46. The molecule has 0 heterocycles. The summed E-state index contributed by atoms with van der Waals surface area (Å²) in [5.74, 6) is -4.38. The minimum absolute atomic E-state index is 0.0260. The van der Waals surface area contributed by atoms with E-state index in [1.54, 1.807) is 32.0 Å². The minimum Gasteiger partial charge on any atom is -0.454 e. The van der Waals surface area contributed by atoms with Crippen molar-refractivity contribution >= 4 is 23.5 Å². The van der Waals surface area contributed by atoms with Crippen LogP contribution in [0.2, 0.25) is 0 Å². The molecule has 0 saturated heterocycles. The van der Waals surface area contributed by atoms with E-state index in [1.165, 1.54) is 6.07 Å². The van der Waals surface area contributed by atoms with Crippen LogP contribution in [0.5, 0.6) is 0 Å². The zero-order chi connectivity index (χ0) is 21.6. The highest BCUT2D eigenvalue weighted by Crippen LogP contribution is 2.13. The summed E-state index contributed by atoms with van der Waals surface area (Å²) in [7, 11) is 0. The predicted octanol–water partition coefficient (Wildman–Crippen LogP) is 3.21. The Labute approximate surface area is 167 Å². The summed E-state index contributed by atoms with van der Waals surface area (Å²) in [4.78, 5) is 36.6. The number of hydrogen-bond donors (Lipinski definition) is 2. The van der Waals surface area contributed by atoms with Gasteiger partial charge in [-0.15, -0.1) is 0 Å². The van der Waals surface area contributed by atoms with Gasteiger partial charge in [0.05, 0.1) is 0 Å². The molecule has 0 radical (unpaired) electrons. The van der Waals surface area contributed by atoms with E-state index >= 15 is 0 Å². The first-order chi connectivity index (χ1) is 13.7. The maximum absolute atomic E-state index is 13.2. The SMILES string of the molecule is Cc1cccc(C(=O)N[C@H](C(=O)OCC(=O)Nc2ccc(F)c(F)c2)C(C)C)c1. The van der Waals surface area contributed by atoms with Crippen molar-refractivity contribution in [3.63, 3.8) is 0 Å². The molecule has 0 aliphatic rings. The Kier molecular flexibility index (Phi) is 7.41. The van der Waals surface area contributed by atoms with Crippen molar-refractivity contribution < 1.29 is 27.9 Å². The Morgan fingerprint density at radius 3 is 2.38 bits per heavy atom. The van der Waals surface area contributed by atoms with Gasteiger partial charge in [-0.1, -0.05) is 31.5 Å². The van der Waals surface area contributed by atoms with E-state index in [9.17, 15) is 23.2 Å². The molecule has 2 rings (SSSR count). The monoisotopic (exact) mass is 404 g/mol. The Balaban J connectivity index is 1.94. The number of aryl methyl sites for hydroxylation is 1. The molecule has 2 amide bonds. The highest BCUT2D eigenvalue weighted by atomic mass is 19.2. The smallest absolute Gasteiger partial charge is 0.329 e. The number of rotatable bonds is 7. The standard InChI is InChI=1S/C21H22F2N2O4/c1-12(2)19(25-20(27)14-6-4-5-13(3)9-14)21(28)29-11-18(26)24-15-7-8-16(22)17(23)10-15/h4-10,12,19H,11H2,1-3H3,(H,24,26)(H,25,27)/t19-/m0/s1. The van der Waals surface area contributed by atoms with Crippen LogP contribution in [0.4, 0.5) is 14.5 Å². The lowest BCUT2D eigenvalue weighted by Gasteiger charge is -2.21. The van der Waals surface area contributed by atoms with Crippen LogP contribution in [0.15, 0.2) is 42.5 Å². The third kappa shape index (κ3) is 6.38. The number of benzene rings is 2. The second-order valence-electron chi connectivity index (χ2n) is 6.85. The first-order valence-electron chi connectivity index (χ1n) is 8.96. The molecule has 0 fully saturated rings. The number of anilines is 1. The number of hydrogen-bond acceptors (Lipinski definition) is 4. The van der Waals surface area contributed by atoms with Crippen LogP contribution in [0.1, 0.15) is 29.8 Å². The van der Waals surface area contributed by atoms with Crippen LogP contribution in [-0.2, 0) is 14.3 Å². The summed E-state index contributed by atoms with van der Waals surface area (Å²) in [5.41, 5.74) is 1.33. The van der Waals surface area contributed by atoms with E-state index in [0.29, 0.717) is 5.56 Å². The van der Waals surface area contributed by atoms with Crippen LogP contribution < -0.4 is 10.6 Å². The van der Waals surface area contributed by atoms with E-state index in [-0.39, 0.29) is 11.6 Å². The number of carbonyl (C=O) groups excluding carboxylic acids is 3. The Hall–Kier alpha value is -3.29. The molecule has 0 aromatic heterocycles. The zero-order valence-corrected chi connectivity index (χ0v) is 16.3. The second-order valence-corrected chi connectivity index (χ2v) is 6.85. The fourth-order valence-corrected chi connectivity index (χ4v) is 2.51. The van der Waals surface area contributed by atoms with Gasteiger partial charge in [-0.2, -0.15) is 0 Å². The minimum atomic E-state index is -1.11. The van der Waals surface area contributed by atoms with Gasteiger partial charge >= 0.3 is 5.97 Å². The molecule has 29 heavy (non-hydrogen) atoms. The van der Waals surface area contributed by atoms with Crippen molar-refractivity contribution in [2.75, 3.05) is 11.9 Å². The van der Waals surface area contributed by atoms with Gasteiger partial charge in [0.2, 0.25) is 0 Å². The van der Waals surface area contributed by atoms with Crippen molar-refractivity contribution in [1.82, 2.24) is 5.32 Å². The second kappa shape index (κ2) is 9.77. The van der Waals surface area contributed by atoms with Crippen molar-refractivity contribution in [1.29, 1.82) is 0 Å². The van der Waals surface area contributed by atoms with Crippen molar-refractivity contribution in [2.24, 2.45) is 5.92 Å². The predicted molar refractivity (Wildman–Crippen MR) is 103 cm³/mol. The molecule has 6 nitrogen and oxygen atoms in total. The average molecular weight is 404 g/mol. The maximum atomic E-state index is 13.2. The van der Waals surface area contributed by atoms with E-state index in [1.807, 2.05) is 13.0 Å². The van der Waals surface area contributed by atoms with Crippen molar-refractivity contribution in [2.45, 2.75) is 26.8 Å². The molecule has 2 aromatic rings. The quantitative estimate of drug-likeness (QED) is 0.694. The molecule has 0 aliphatic heterocycles. The third-order valence-electron chi connectivity index (χ3n) is 4.04. The zero-order valence-electron chi connectivity index (χ0n) is 16.3. The fraction of sp³-hybridized carbons (Fsp3) is 0.286. The Morgan fingerprint density at radius 1 is 1.03 bits per heavy atom. The first-order valence-corrected chi connectivity index (χ1v) is 8.96. The summed E-state index contributed by atoms with van der Waals surface area (Å²) in [5, 5.41) is 4.91. The fourth-order valence-electron chi connectivity index (χ4n) is 2.51. The van der Waals surface area contributed by atoms with Crippen LogP contribution in [0.25, 0.3) is 0 Å². The molecular weight excluding hydrogens is 382 g/mol. The van der Waals surface area contributed by atoms with E-state index < -0.39 is 42.1 Å². The van der Waals surface area contributed by atoms with Gasteiger partial charge in [-0.3, -0.25) is 9.59 Å². The summed E-state index contributed by atoms with van der Waals surface area (Å²) in [6.07, 6.45) is 0. The van der Waals surface area contributed by atoms with Crippen LogP contribution in [0.3, 0.4) is 0 Å². The normalized spacial score (nSPS) is 11.7. The largest absolute Gasteiger partial charge is 0.454 e. The van der Waals surface area contributed by atoms with Gasteiger partial charge in [0.15, 0.2) is 18.2 Å². The number of amides is 2. The number of nitrogens with one attached hydrogen (secondary N) is 2. The van der Waals surface area contributed by atoms with Crippen LogP contribution in [0, 0.1) is 24.5 Å². The van der Waals surface area contributed by atoms with E-state index in [4.69, 9.17) is 4.74 Å². The summed E-state index contributed by atoms with van der Waals surface area (Å²) in [6, 6.07) is 8.79. The van der Waals surface area contributed by atoms with Crippen molar-refractivity contribution in [3.8, 4) is 0 Å². The topological polar surface area (TPSA) is 84.5 Å². The van der Waals surface area contributed by atoms with Crippen LogP contribution >= 0.6 is 0 Å². The maximum Gasteiger partial charge on any atom is 0.329 e. The van der Waals surface area contributed by atoms with Gasteiger partial charge in [0.25, 0.3) is 11.8 Å². The Bertz CT molecular complexity index is 915. The molecule has 154 valence electrons. The summed E-state index contributed by atoms with van der Waals surface area (Å²) < 4.78 is 31.1. The summed E-state index contributed by atoms with van der Waals surface area (Å²) in [6.45, 7) is 4.66. The van der Waals surface area contributed by atoms with Gasteiger partial charge in [-0.05, 0) is 37.1 Å². The van der Waals surface area contributed by atoms with Crippen molar-refractivity contribution in [3.05, 3.63) is 65.2 Å². The molecule has 0 unspecified atom stereocenters. The molecule has 2 aromatic carbocycles. The third-order valence-corrected chi connectivity index (χ3v) is 4.04. The number of esters is 1. The highest BCUT2D eigenvalue weighted by Gasteiger charge is 2.26. The molecule has 0 bridgehead atoms. The van der Waals surface area contributed by atoms with Gasteiger partial charge < -0.3 is 15.4 Å². The number of carbonyl (C=O) groups is 3. The molecular formula is C21H22F2N2O4. The molecule has 2 N–H and O–H groups in total. The molecule has 8 heteroatoms. The lowest BCUT2D eigenvalue weighted by atomic mass is 10.0. The highest BCUT2D eigenvalue weighted by molar-refractivity contribution is 5.97. The molecule has 0 saturated carbocycles. The molecule has 1 atom stereocenters. The first kappa shape index (κ1) is 22.0. The molecule has 0 aliphatic carbocycles. The van der Waals surface area contributed by atoms with Crippen LogP contribution in [-0.4, -0.2) is 30.4 Å². The van der Waals surface area contributed by atoms with E-state index in [2.05, 4.69) is 10.6 Å². The summed E-state index contributed by atoms with van der Waals surface area (Å²) >= 11 is 0. The number of ether oxygens (including phenoxy) is 1.